The second-order valence-corrected chi connectivity index (χ2v) is 7.31. The maximum Gasteiger partial charge on any atom is 0.252 e. The molecule has 0 spiro atoms. The van der Waals surface area contributed by atoms with Crippen molar-refractivity contribution in [3.63, 3.8) is 0 Å². The van der Waals surface area contributed by atoms with Crippen molar-refractivity contribution in [1.82, 2.24) is 15.3 Å². The number of carbonyl (C=O) groups excluding carboxylic acids is 1. The second kappa shape index (κ2) is 6.69. The van der Waals surface area contributed by atoms with Crippen LogP contribution in [0.15, 0.2) is 29.9 Å². The summed E-state index contributed by atoms with van der Waals surface area (Å²) in [6, 6.07) is 6.06. The fraction of sp³-hybridized carbons (Fsp3) is 0.316. The summed E-state index contributed by atoms with van der Waals surface area (Å²) in [5, 5.41) is 4.02. The Bertz CT molecular complexity index is 887. The second-order valence-electron chi connectivity index (χ2n) is 6.34. The van der Waals surface area contributed by atoms with Crippen LogP contribution in [0, 0.1) is 20.8 Å². The minimum Gasteiger partial charge on any atom is -0.349 e. The SMILES string of the molecule is Cc1cc(C)c2nc(C)cc(C(=O)N[C@@H](C)Cc3cncs3)c2c1. The third-order valence-electron chi connectivity index (χ3n) is 3.99. The third-order valence-corrected chi connectivity index (χ3v) is 4.79. The molecule has 1 amide bonds. The molecule has 1 aromatic carbocycles. The van der Waals surface area contributed by atoms with Crippen LogP contribution >= 0.6 is 11.3 Å². The van der Waals surface area contributed by atoms with Gasteiger partial charge in [0.1, 0.15) is 0 Å². The van der Waals surface area contributed by atoms with Gasteiger partial charge in [0.25, 0.3) is 5.91 Å². The fourth-order valence-electron chi connectivity index (χ4n) is 2.99. The molecule has 0 fully saturated rings. The Kier molecular flexibility index (Phi) is 4.62. The molecule has 5 heteroatoms. The lowest BCUT2D eigenvalue weighted by Crippen LogP contribution is -2.34. The molecule has 2 aromatic heterocycles. The van der Waals surface area contributed by atoms with E-state index in [0.29, 0.717) is 5.56 Å². The number of pyridine rings is 1. The van der Waals surface area contributed by atoms with Gasteiger partial charge >= 0.3 is 0 Å². The third kappa shape index (κ3) is 3.46. The standard InChI is InChI=1S/C19H21N3OS/c1-11-5-12(2)18-16(6-11)17(8-14(4)21-18)19(23)22-13(3)7-15-9-20-10-24-15/h5-6,8-10,13H,7H2,1-4H3,(H,22,23)/t13-/m0/s1. The summed E-state index contributed by atoms with van der Waals surface area (Å²) in [5.41, 5.74) is 6.50. The highest BCUT2D eigenvalue weighted by Gasteiger charge is 2.16. The van der Waals surface area contributed by atoms with Crippen LogP contribution in [-0.2, 0) is 6.42 Å². The lowest BCUT2D eigenvalue weighted by atomic mass is 10.0. The van der Waals surface area contributed by atoms with Gasteiger partial charge in [0.05, 0.1) is 16.6 Å². The summed E-state index contributed by atoms with van der Waals surface area (Å²) in [4.78, 5) is 22.7. The Labute approximate surface area is 146 Å². The fourth-order valence-corrected chi connectivity index (χ4v) is 3.72. The Morgan fingerprint density at radius 3 is 2.75 bits per heavy atom. The van der Waals surface area contributed by atoms with Crippen LogP contribution in [-0.4, -0.2) is 21.9 Å². The van der Waals surface area contributed by atoms with Gasteiger partial charge in [-0.25, -0.2) is 0 Å². The Morgan fingerprint density at radius 2 is 2.04 bits per heavy atom. The predicted molar refractivity (Wildman–Crippen MR) is 98.7 cm³/mol. The van der Waals surface area contributed by atoms with E-state index < -0.39 is 0 Å². The highest BCUT2D eigenvalue weighted by molar-refractivity contribution is 7.09. The molecular weight excluding hydrogens is 318 g/mol. The van der Waals surface area contributed by atoms with Crippen LogP contribution in [0.1, 0.15) is 39.0 Å². The number of fused-ring (bicyclic) bond motifs is 1. The van der Waals surface area contributed by atoms with Gasteiger partial charge in [0, 0.05) is 34.6 Å². The van der Waals surface area contributed by atoms with Gasteiger partial charge in [-0.15, -0.1) is 11.3 Å². The van der Waals surface area contributed by atoms with Gasteiger partial charge in [-0.2, -0.15) is 0 Å². The minimum atomic E-state index is -0.0486. The van der Waals surface area contributed by atoms with Crippen LogP contribution in [0.2, 0.25) is 0 Å². The summed E-state index contributed by atoms with van der Waals surface area (Å²) in [7, 11) is 0. The van der Waals surface area contributed by atoms with Crippen LogP contribution in [0.5, 0.6) is 0 Å². The molecule has 0 aliphatic heterocycles. The van der Waals surface area contributed by atoms with Crippen molar-refractivity contribution in [3.05, 3.63) is 57.2 Å². The van der Waals surface area contributed by atoms with Crippen molar-refractivity contribution in [2.75, 3.05) is 0 Å². The molecule has 0 saturated carbocycles. The van der Waals surface area contributed by atoms with E-state index in [1.54, 1.807) is 11.3 Å². The van der Waals surface area contributed by atoms with Gasteiger partial charge in [0.2, 0.25) is 0 Å². The topological polar surface area (TPSA) is 54.9 Å². The van der Waals surface area contributed by atoms with Crippen LogP contribution < -0.4 is 5.32 Å². The van der Waals surface area contributed by atoms with Crippen molar-refractivity contribution < 1.29 is 4.79 Å². The number of aryl methyl sites for hydroxylation is 3. The van der Waals surface area contributed by atoms with E-state index in [9.17, 15) is 4.79 Å². The summed E-state index contributed by atoms with van der Waals surface area (Å²) in [5.74, 6) is -0.0486. The molecule has 2 heterocycles. The largest absolute Gasteiger partial charge is 0.349 e. The van der Waals surface area contributed by atoms with Crippen molar-refractivity contribution in [3.8, 4) is 0 Å². The minimum absolute atomic E-state index is 0.0485. The number of hydrogen-bond donors (Lipinski definition) is 1. The molecule has 3 rings (SSSR count). The zero-order valence-electron chi connectivity index (χ0n) is 14.4. The normalized spacial score (nSPS) is 12.3. The quantitative estimate of drug-likeness (QED) is 0.782. The summed E-state index contributed by atoms with van der Waals surface area (Å²) in [6.45, 7) is 8.02. The Hall–Kier alpha value is -2.27. The Balaban J connectivity index is 1.91. The molecule has 124 valence electrons. The summed E-state index contributed by atoms with van der Waals surface area (Å²) in [6.07, 6.45) is 2.64. The van der Waals surface area contributed by atoms with Crippen LogP contribution in [0.3, 0.4) is 0 Å². The van der Waals surface area contributed by atoms with E-state index in [4.69, 9.17) is 0 Å². The average Bonchev–Trinajstić information content (AvgIpc) is 3.00. The zero-order chi connectivity index (χ0) is 17.3. The summed E-state index contributed by atoms with van der Waals surface area (Å²) >= 11 is 1.61. The monoisotopic (exact) mass is 339 g/mol. The Morgan fingerprint density at radius 1 is 1.25 bits per heavy atom. The number of amides is 1. The van der Waals surface area contributed by atoms with Crippen LogP contribution in [0.25, 0.3) is 10.9 Å². The van der Waals surface area contributed by atoms with E-state index in [2.05, 4.69) is 21.4 Å². The van der Waals surface area contributed by atoms with Crippen LogP contribution in [0.4, 0.5) is 0 Å². The van der Waals surface area contributed by atoms with E-state index in [1.807, 2.05) is 51.5 Å². The first-order valence-electron chi connectivity index (χ1n) is 8.01. The zero-order valence-corrected chi connectivity index (χ0v) is 15.2. The first-order valence-corrected chi connectivity index (χ1v) is 8.89. The first kappa shape index (κ1) is 16.6. The number of aromatic nitrogens is 2. The number of carbonyl (C=O) groups is 1. The van der Waals surface area contributed by atoms with E-state index >= 15 is 0 Å². The molecule has 3 aromatic rings. The molecule has 0 saturated heterocycles. The molecule has 0 unspecified atom stereocenters. The van der Waals surface area contributed by atoms with Crippen molar-refractivity contribution in [1.29, 1.82) is 0 Å². The van der Waals surface area contributed by atoms with Crippen molar-refractivity contribution in [2.45, 2.75) is 40.2 Å². The summed E-state index contributed by atoms with van der Waals surface area (Å²) < 4.78 is 0. The molecule has 4 nitrogen and oxygen atoms in total. The van der Waals surface area contributed by atoms with Gasteiger partial charge in [-0.3, -0.25) is 14.8 Å². The molecule has 1 atom stereocenters. The van der Waals surface area contributed by atoms with Gasteiger partial charge in [-0.05, 0) is 45.4 Å². The number of benzene rings is 1. The molecule has 24 heavy (non-hydrogen) atoms. The van der Waals surface area contributed by atoms with E-state index in [0.717, 1.165) is 34.1 Å². The number of hydrogen-bond acceptors (Lipinski definition) is 4. The van der Waals surface area contributed by atoms with Gasteiger partial charge < -0.3 is 5.32 Å². The van der Waals surface area contributed by atoms with E-state index in [-0.39, 0.29) is 11.9 Å². The molecule has 0 radical (unpaired) electrons. The first-order chi connectivity index (χ1) is 11.4. The maximum atomic E-state index is 12.8. The number of nitrogens with one attached hydrogen (secondary N) is 1. The average molecular weight is 339 g/mol. The van der Waals surface area contributed by atoms with Gasteiger partial charge in [-0.1, -0.05) is 11.6 Å². The number of nitrogens with zero attached hydrogens (tertiary/aromatic N) is 2. The molecule has 0 aliphatic carbocycles. The lowest BCUT2D eigenvalue weighted by molar-refractivity contribution is 0.0941. The molecule has 0 bridgehead atoms. The van der Waals surface area contributed by atoms with Gasteiger partial charge in [0.15, 0.2) is 0 Å². The smallest absolute Gasteiger partial charge is 0.252 e. The van der Waals surface area contributed by atoms with Crippen molar-refractivity contribution in [2.24, 2.45) is 0 Å². The molecule has 1 N–H and O–H groups in total. The highest BCUT2D eigenvalue weighted by Crippen LogP contribution is 2.23. The van der Waals surface area contributed by atoms with E-state index in [1.165, 1.54) is 4.88 Å². The van der Waals surface area contributed by atoms with Crippen molar-refractivity contribution >= 4 is 28.1 Å². The highest BCUT2D eigenvalue weighted by atomic mass is 32.1. The molecular formula is C19H21N3OS. The number of rotatable bonds is 4. The maximum absolute atomic E-state index is 12.8. The lowest BCUT2D eigenvalue weighted by Gasteiger charge is -2.15. The molecule has 0 aliphatic rings. The number of thiazole rings is 1. The predicted octanol–water partition coefficient (Wildman–Crippen LogP) is 3.98.